The Labute approximate surface area is 160 Å². The van der Waals surface area contributed by atoms with Gasteiger partial charge in [0.25, 0.3) is 0 Å². The van der Waals surface area contributed by atoms with Crippen LogP contribution in [0.4, 0.5) is 0 Å². The molecule has 1 aromatic carbocycles. The smallest absolute Gasteiger partial charge is 0.193 e. The first kappa shape index (κ1) is 20.3. The van der Waals surface area contributed by atoms with E-state index in [0.717, 1.165) is 36.8 Å². The van der Waals surface area contributed by atoms with Crippen molar-refractivity contribution in [3.63, 3.8) is 0 Å². The summed E-state index contributed by atoms with van der Waals surface area (Å²) in [5, 5.41) is 5.46. The second kappa shape index (κ2) is 11.5. The number of hydrogen-bond donors (Lipinski definition) is 1. The molecule has 2 rings (SSSR count). The zero-order valence-electron chi connectivity index (χ0n) is 15.9. The number of rotatable bonds is 10. The maximum Gasteiger partial charge on any atom is 0.193 e. The lowest BCUT2D eigenvalue weighted by molar-refractivity contribution is 0.126. The van der Waals surface area contributed by atoms with E-state index in [9.17, 15) is 0 Å². The van der Waals surface area contributed by atoms with Crippen LogP contribution in [0.3, 0.4) is 0 Å². The van der Waals surface area contributed by atoms with Crippen molar-refractivity contribution in [1.29, 1.82) is 0 Å². The van der Waals surface area contributed by atoms with Crippen molar-refractivity contribution in [1.82, 2.24) is 10.2 Å². The number of ether oxygens (including phenoxy) is 2. The number of aliphatic imine (C=N–C) groups is 1. The highest BCUT2D eigenvalue weighted by molar-refractivity contribution is 7.09. The average Bonchev–Trinajstić information content (AvgIpc) is 3.19. The van der Waals surface area contributed by atoms with E-state index in [1.165, 1.54) is 4.88 Å². The molecule has 26 heavy (non-hydrogen) atoms. The van der Waals surface area contributed by atoms with Crippen LogP contribution in [0.15, 0.2) is 46.8 Å². The Hall–Kier alpha value is -2.05. The van der Waals surface area contributed by atoms with Gasteiger partial charge in [-0.05, 0) is 30.9 Å². The molecule has 0 radical (unpaired) electrons. The summed E-state index contributed by atoms with van der Waals surface area (Å²) < 4.78 is 11.1. The Balaban J connectivity index is 1.76. The van der Waals surface area contributed by atoms with Gasteiger partial charge in [-0.1, -0.05) is 24.3 Å². The van der Waals surface area contributed by atoms with Crippen LogP contribution >= 0.6 is 11.3 Å². The van der Waals surface area contributed by atoms with Crippen LogP contribution in [0.1, 0.15) is 17.4 Å². The van der Waals surface area contributed by atoms with E-state index >= 15 is 0 Å². The number of hydrogen-bond acceptors (Lipinski definition) is 4. The standard InChI is InChI=1S/C20H29N3O2S/c1-4-21-20(23(2)13-11-18-9-7-15-26-18)22-12-14-25-16-17-8-5-6-10-19(17)24-3/h5-10,15H,4,11-14,16H2,1-3H3,(H,21,22). The molecule has 0 aliphatic rings. The van der Waals surface area contributed by atoms with Crippen molar-refractivity contribution in [2.75, 3.05) is 40.4 Å². The molecule has 1 aromatic heterocycles. The first-order valence-corrected chi connectivity index (χ1v) is 9.84. The second-order valence-corrected chi connectivity index (χ2v) is 6.88. The molecule has 1 heterocycles. The fourth-order valence-electron chi connectivity index (χ4n) is 2.53. The highest BCUT2D eigenvalue weighted by atomic mass is 32.1. The van der Waals surface area contributed by atoms with Crippen molar-refractivity contribution in [3.05, 3.63) is 52.2 Å². The summed E-state index contributed by atoms with van der Waals surface area (Å²) in [6, 6.07) is 12.2. The molecule has 0 unspecified atom stereocenters. The first-order chi connectivity index (χ1) is 12.7. The Morgan fingerprint density at radius 3 is 2.81 bits per heavy atom. The van der Waals surface area contributed by atoms with Gasteiger partial charge in [0.15, 0.2) is 5.96 Å². The zero-order valence-corrected chi connectivity index (χ0v) is 16.7. The van der Waals surface area contributed by atoms with Crippen LogP contribution in [-0.4, -0.2) is 51.3 Å². The molecule has 5 nitrogen and oxygen atoms in total. The number of nitrogens with one attached hydrogen (secondary N) is 1. The second-order valence-electron chi connectivity index (χ2n) is 5.85. The van der Waals surface area contributed by atoms with E-state index in [1.54, 1.807) is 18.4 Å². The van der Waals surface area contributed by atoms with Gasteiger partial charge >= 0.3 is 0 Å². The third kappa shape index (κ3) is 6.69. The SMILES string of the molecule is CCNC(=NCCOCc1ccccc1OC)N(C)CCc1cccs1. The van der Waals surface area contributed by atoms with Crippen molar-refractivity contribution >= 4 is 17.3 Å². The van der Waals surface area contributed by atoms with E-state index in [1.807, 2.05) is 24.3 Å². The molecule has 0 spiro atoms. The van der Waals surface area contributed by atoms with Crippen molar-refractivity contribution < 1.29 is 9.47 Å². The number of guanidine groups is 1. The van der Waals surface area contributed by atoms with E-state index in [2.05, 4.69) is 46.7 Å². The van der Waals surface area contributed by atoms with Crippen LogP contribution in [0.2, 0.25) is 0 Å². The van der Waals surface area contributed by atoms with Gasteiger partial charge in [-0.15, -0.1) is 11.3 Å². The van der Waals surface area contributed by atoms with E-state index < -0.39 is 0 Å². The third-order valence-electron chi connectivity index (χ3n) is 3.92. The number of benzene rings is 1. The van der Waals surface area contributed by atoms with Crippen LogP contribution in [0.5, 0.6) is 5.75 Å². The summed E-state index contributed by atoms with van der Waals surface area (Å²) in [7, 11) is 3.75. The first-order valence-electron chi connectivity index (χ1n) is 8.96. The molecule has 1 N–H and O–H groups in total. The highest BCUT2D eigenvalue weighted by Crippen LogP contribution is 2.17. The van der Waals surface area contributed by atoms with Gasteiger partial charge in [0.1, 0.15) is 5.75 Å². The molecule has 0 atom stereocenters. The largest absolute Gasteiger partial charge is 0.496 e. The minimum atomic E-state index is 0.532. The summed E-state index contributed by atoms with van der Waals surface area (Å²) in [6.45, 7) is 5.61. The van der Waals surface area contributed by atoms with E-state index in [0.29, 0.717) is 19.8 Å². The Morgan fingerprint density at radius 1 is 1.23 bits per heavy atom. The maximum absolute atomic E-state index is 5.76. The van der Waals surface area contributed by atoms with E-state index in [-0.39, 0.29) is 0 Å². The lowest BCUT2D eigenvalue weighted by atomic mass is 10.2. The Kier molecular flexibility index (Phi) is 9.00. The number of likely N-dealkylation sites (N-methyl/N-ethyl adjacent to an activating group) is 1. The molecule has 0 saturated carbocycles. The van der Waals surface area contributed by atoms with Crippen molar-refractivity contribution in [3.8, 4) is 5.75 Å². The molecular formula is C20H29N3O2S. The minimum Gasteiger partial charge on any atom is -0.496 e. The molecule has 142 valence electrons. The summed E-state index contributed by atoms with van der Waals surface area (Å²) in [5.74, 6) is 1.78. The predicted molar refractivity (Wildman–Crippen MR) is 109 cm³/mol. The molecule has 0 fully saturated rings. The topological polar surface area (TPSA) is 46.1 Å². The van der Waals surface area contributed by atoms with Crippen molar-refractivity contribution in [2.24, 2.45) is 4.99 Å². The lowest BCUT2D eigenvalue weighted by Gasteiger charge is -2.21. The third-order valence-corrected chi connectivity index (χ3v) is 4.85. The fourth-order valence-corrected chi connectivity index (χ4v) is 3.23. The van der Waals surface area contributed by atoms with E-state index in [4.69, 9.17) is 9.47 Å². The van der Waals surface area contributed by atoms with Gasteiger partial charge < -0.3 is 19.7 Å². The Bertz CT molecular complexity index is 659. The van der Waals surface area contributed by atoms with Gasteiger partial charge in [-0.2, -0.15) is 0 Å². The minimum absolute atomic E-state index is 0.532. The quantitative estimate of drug-likeness (QED) is 0.393. The van der Waals surface area contributed by atoms with Gasteiger partial charge in [-0.3, -0.25) is 4.99 Å². The van der Waals surface area contributed by atoms with Crippen LogP contribution in [0, 0.1) is 0 Å². The average molecular weight is 376 g/mol. The summed E-state index contributed by atoms with van der Waals surface area (Å²) in [6.07, 6.45) is 1.03. The summed E-state index contributed by atoms with van der Waals surface area (Å²) >= 11 is 1.80. The normalized spacial score (nSPS) is 11.4. The van der Waals surface area contributed by atoms with Gasteiger partial charge in [0, 0.05) is 30.6 Å². The monoisotopic (exact) mass is 375 g/mol. The summed E-state index contributed by atoms with van der Waals surface area (Å²) in [5.41, 5.74) is 1.05. The molecule has 0 bridgehead atoms. The van der Waals surface area contributed by atoms with Crippen LogP contribution < -0.4 is 10.1 Å². The molecule has 0 aliphatic heterocycles. The number of methoxy groups -OCH3 is 1. The molecular weight excluding hydrogens is 346 g/mol. The molecule has 0 saturated heterocycles. The number of para-hydroxylation sites is 1. The fraction of sp³-hybridized carbons (Fsp3) is 0.450. The maximum atomic E-state index is 5.76. The van der Waals surface area contributed by atoms with Gasteiger partial charge in [-0.25, -0.2) is 0 Å². The van der Waals surface area contributed by atoms with Crippen molar-refractivity contribution in [2.45, 2.75) is 20.0 Å². The van der Waals surface area contributed by atoms with Crippen LogP contribution in [0.25, 0.3) is 0 Å². The van der Waals surface area contributed by atoms with Gasteiger partial charge in [0.05, 0.1) is 26.9 Å². The van der Waals surface area contributed by atoms with Gasteiger partial charge in [0.2, 0.25) is 0 Å². The number of nitrogens with zero attached hydrogens (tertiary/aromatic N) is 2. The Morgan fingerprint density at radius 2 is 2.08 bits per heavy atom. The lowest BCUT2D eigenvalue weighted by Crippen LogP contribution is -2.40. The molecule has 0 aliphatic carbocycles. The highest BCUT2D eigenvalue weighted by Gasteiger charge is 2.06. The number of thiophene rings is 1. The van der Waals surface area contributed by atoms with Crippen LogP contribution in [-0.2, 0) is 17.8 Å². The molecule has 6 heteroatoms. The molecule has 0 amide bonds. The predicted octanol–water partition coefficient (Wildman–Crippen LogP) is 3.41. The zero-order chi connectivity index (χ0) is 18.6. The summed E-state index contributed by atoms with van der Waals surface area (Å²) in [4.78, 5) is 8.23. The molecule has 2 aromatic rings.